The summed E-state index contributed by atoms with van der Waals surface area (Å²) in [4.78, 5) is 0. The first-order chi connectivity index (χ1) is 7.91. The van der Waals surface area contributed by atoms with Crippen molar-refractivity contribution in [2.45, 2.75) is 37.7 Å². The molecule has 0 radical (unpaired) electrons. The first-order valence-electron chi connectivity index (χ1n) is 6.54. The summed E-state index contributed by atoms with van der Waals surface area (Å²) in [6, 6.07) is 0. The van der Waals surface area contributed by atoms with E-state index in [-0.39, 0.29) is 17.4 Å². The predicted molar refractivity (Wildman–Crippen MR) is 65.2 cm³/mol. The third-order valence-electron chi connectivity index (χ3n) is 5.51. The number of sulfone groups is 1. The fraction of sp³-hybridized carbons (Fsp3) is 1.00. The van der Waals surface area contributed by atoms with Crippen LogP contribution in [-0.4, -0.2) is 37.2 Å². The Kier molecular flexibility index (Phi) is 2.42. The summed E-state index contributed by atoms with van der Waals surface area (Å²) < 4.78 is 23.5. The summed E-state index contributed by atoms with van der Waals surface area (Å²) >= 11 is 0. The molecule has 1 saturated heterocycles. The van der Waals surface area contributed by atoms with Crippen molar-refractivity contribution in [2.75, 3.05) is 18.1 Å². The minimum atomic E-state index is -3.00. The van der Waals surface area contributed by atoms with E-state index in [1.54, 1.807) is 0 Å². The fourth-order valence-electron chi connectivity index (χ4n) is 4.55. The van der Waals surface area contributed by atoms with Gasteiger partial charge in [0.1, 0.15) is 0 Å². The number of aliphatic hydroxyl groups is 1. The standard InChI is InChI=1S/C12H21NO3S/c13-7-11(3-4-17(15,16)8-11)12(14)6-9-1-2-10(12)5-9/h9-10,14H,1-8,13H2. The summed E-state index contributed by atoms with van der Waals surface area (Å²) in [6.45, 7) is 0.298. The van der Waals surface area contributed by atoms with Crippen LogP contribution in [0.15, 0.2) is 0 Å². The van der Waals surface area contributed by atoms with Crippen LogP contribution in [0.5, 0.6) is 0 Å². The van der Waals surface area contributed by atoms with Crippen molar-refractivity contribution in [1.82, 2.24) is 0 Å². The Morgan fingerprint density at radius 2 is 2.12 bits per heavy atom. The molecule has 0 spiro atoms. The number of hydrogen-bond donors (Lipinski definition) is 2. The molecule has 4 unspecified atom stereocenters. The molecule has 1 heterocycles. The molecule has 3 fully saturated rings. The Bertz CT molecular complexity index is 435. The highest BCUT2D eigenvalue weighted by molar-refractivity contribution is 7.91. The third kappa shape index (κ3) is 1.52. The van der Waals surface area contributed by atoms with E-state index in [1.807, 2.05) is 0 Å². The molecule has 17 heavy (non-hydrogen) atoms. The summed E-state index contributed by atoms with van der Waals surface area (Å²) in [6.07, 6.45) is 4.62. The van der Waals surface area contributed by atoms with Crippen LogP contribution in [0.2, 0.25) is 0 Å². The first kappa shape index (κ1) is 11.9. The van der Waals surface area contributed by atoms with Gasteiger partial charge in [0.05, 0.1) is 17.1 Å². The fourth-order valence-corrected chi connectivity index (χ4v) is 6.75. The van der Waals surface area contributed by atoms with Gasteiger partial charge in [0.2, 0.25) is 0 Å². The van der Waals surface area contributed by atoms with E-state index in [0.717, 1.165) is 19.3 Å². The summed E-state index contributed by atoms with van der Waals surface area (Å²) in [5, 5.41) is 11.0. The maximum atomic E-state index is 11.7. The molecule has 3 aliphatic rings. The SMILES string of the molecule is NCC1(C2(O)CC3CCC2C3)CCS(=O)(=O)C1. The lowest BCUT2D eigenvalue weighted by Gasteiger charge is -2.46. The number of fused-ring (bicyclic) bond motifs is 2. The molecule has 0 aromatic rings. The van der Waals surface area contributed by atoms with Gasteiger partial charge in [-0.25, -0.2) is 8.42 Å². The van der Waals surface area contributed by atoms with E-state index in [2.05, 4.69) is 0 Å². The maximum absolute atomic E-state index is 11.7. The van der Waals surface area contributed by atoms with E-state index in [0.29, 0.717) is 18.9 Å². The predicted octanol–water partition coefficient (Wildman–Crippen LogP) is 0.301. The average molecular weight is 259 g/mol. The lowest BCUT2D eigenvalue weighted by Crippen LogP contribution is -2.56. The van der Waals surface area contributed by atoms with Gasteiger partial charge in [0.15, 0.2) is 9.84 Å². The van der Waals surface area contributed by atoms with E-state index in [1.165, 1.54) is 6.42 Å². The van der Waals surface area contributed by atoms with Crippen LogP contribution in [-0.2, 0) is 9.84 Å². The van der Waals surface area contributed by atoms with E-state index >= 15 is 0 Å². The third-order valence-corrected chi connectivity index (χ3v) is 7.33. The van der Waals surface area contributed by atoms with Gasteiger partial charge in [-0.3, -0.25) is 0 Å². The van der Waals surface area contributed by atoms with Crippen molar-refractivity contribution in [3.05, 3.63) is 0 Å². The van der Waals surface area contributed by atoms with Gasteiger partial charge in [-0.05, 0) is 43.9 Å². The van der Waals surface area contributed by atoms with Crippen LogP contribution in [0.3, 0.4) is 0 Å². The topological polar surface area (TPSA) is 80.4 Å². The molecule has 2 saturated carbocycles. The lowest BCUT2D eigenvalue weighted by atomic mass is 9.64. The number of nitrogens with two attached hydrogens (primary N) is 1. The molecule has 4 nitrogen and oxygen atoms in total. The molecule has 2 bridgehead atoms. The highest BCUT2D eigenvalue weighted by atomic mass is 32.2. The highest BCUT2D eigenvalue weighted by Crippen LogP contribution is 2.59. The van der Waals surface area contributed by atoms with Gasteiger partial charge in [-0.15, -0.1) is 0 Å². The second-order valence-electron chi connectivity index (χ2n) is 6.33. The van der Waals surface area contributed by atoms with Crippen LogP contribution >= 0.6 is 0 Å². The summed E-state index contributed by atoms with van der Waals surface area (Å²) in [5.74, 6) is 1.17. The maximum Gasteiger partial charge on any atom is 0.151 e. The van der Waals surface area contributed by atoms with Crippen LogP contribution < -0.4 is 5.73 Å². The van der Waals surface area contributed by atoms with Crippen LogP contribution in [0.25, 0.3) is 0 Å². The molecule has 5 heteroatoms. The smallest absolute Gasteiger partial charge is 0.151 e. The largest absolute Gasteiger partial charge is 0.389 e. The van der Waals surface area contributed by atoms with Crippen LogP contribution in [0, 0.1) is 17.3 Å². The quantitative estimate of drug-likeness (QED) is 0.747. The number of rotatable bonds is 2. The Labute approximate surface area is 102 Å². The molecule has 3 rings (SSSR count). The van der Waals surface area contributed by atoms with Gasteiger partial charge in [0.25, 0.3) is 0 Å². The Morgan fingerprint density at radius 1 is 1.35 bits per heavy atom. The van der Waals surface area contributed by atoms with Gasteiger partial charge in [-0.2, -0.15) is 0 Å². The minimum Gasteiger partial charge on any atom is -0.389 e. The van der Waals surface area contributed by atoms with Crippen LogP contribution in [0.4, 0.5) is 0 Å². The zero-order valence-electron chi connectivity index (χ0n) is 10.1. The lowest BCUT2D eigenvalue weighted by molar-refractivity contribution is -0.108. The molecule has 1 aliphatic heterocycles. The molecular formula is C12H21NO3S. The molecule has 3 N–H and O–H groups in total. The Morgan fingerprint density at radius 3 is 2.53 bits per heavy atom. The van der Waals surface area contributed by atoms with E-state index < -0.39 is 20.9 Å². The molecule has 4 atom stereocenters. The molecule has 98 valence electrons. The normalized spacial score (nSPS) is 52.1. The van der Waals surface area contributed by atoms with Crippen molar-refractivity contribution >= 4 is 9.84 Å². The van der Waals surface area contributed by atoms with E-state index in [4.69, 9.17) is 5.73 Å². The number of hydrogen-bond acceptors (Lipinski definition) is 4. The van der Waals surface area contributed by atoms with Crippen molar-refractivity contribution < 1.29 is 13.5 Å². The highest BCUT2D eigenvalue weighted by Gasteiger charge is 2.63. The average Bonchev–Trinajstić information content (AvgIpc) is 2.91. The zero-order chi connectivity index (χ0) is 12.3. The summed E-state index contributed by atoms with van der Waals surface area (Å²) in [7, 11) is -3.00. The van der Waals surface area contributed by atoms with Gasteiger partial charge >= 0.3 is 0 Å². The molecule has 0 amide bonds. The van der Waals surface area contributed by atoms with Crippen molar-refractivity contribution in [2.24, 2.45) is 23.0 Å². The van der Waals surface area contributed by atoms with Crippen molar-refractivity contribution in [3.63, 3.8) is 0 Å². The molecular weight excluding hydrogens is 238 g/mol. The monoisotopic (exact) mass is 259 g/mol. The Hall–Kier alpha value is -0.130. The van der Waals surface area contributed by atoms with Crippen LogP contribution in [0.1, 0.15) is 32.1 Å². The van der Waals surface area contributed by atoms with Crippen molar-refractivity contribution in [3.8, 4) is 0 Å². The van der Waals surface area contributed by atoms with Gasteiger partial charge < -0.3 is 10.8 Å². The second kappa shape index (κ2) is 3.45. The van der Waals surface area contributed by atoms with E-state index in [9.17, 15) is 13.5 Å². The van der Waals surface area contributed by atoms with Gasteiger partial charge in [0, 0.05) is 12.0 Å². The second-order valence-corrected chi connectivity index (χ2v) is 8.51. The molecule has 2 aliphatic carbocycles. The molecule has 0 aromatic carbocycles. The first-order valence-corrected chi connectivity index (χ1v) is 8.36. The molecule has 0 aromatic heterocycles. The zero-order valence-corrected chi connectivity index (χ0v) is 10.9. The minimum absolute atomic E-state index is 0.0935. The Balaban J connectivity index is 1.96. The van der Waals surface area contributed by atoms with Crippen molar-refractivity contribution in [1.29, 1.82) is 0 Å². The van der Waals surface area contributed by atoms with Gasteiger partial charge in [-0.1, -0.05) is 0 Å². The summed E-state index contributed by atoms with van der Waals surface area (Å²) in [5.41, 5.74) is 4.49.